The number of aliphatic hydroxyl groups is 1. The van der Waals surface area contributed by atoms with Crippen molar-refractivity contribution < 1.29 is 24.6 Å². The van der Waals surface area contributed by atoms with Crippen LogP contribution in [-0.4, -0.2) is 70.0 Å². The molecular weight excluding hydrogens is 354 g/mol. The Labute approximate surface area is 159 Å². The molecule has 0 aromatic heterocycles. The number of hydrazone groups is 1. The average molecular weight is 385 g/mol. The molecule has 1 rings (SSSR count). The van der Waals surface area contributed by atoms with Crippen LogP contribution in [0.25, 0.3) is 0 Å². The summed E-state index contributed by atoms with van der Waals surface area (Å²) in [6.45, 7) is 6.25. The first-order valence-electron chi connectivity index (χ1n) is 9.19. The quantitative estimate of drug-likeness (QED) is 0.143. The summed E-state index contributed by atoms with van der Waals surface area (Å²) in [6, 6.07) is -1.55. The molecule has 10 nitrogen and oxygen atoms in total. The molecule has 0 saturated heterocycles. The molecule has 1 aliphatic rings. The van der Waals surface area contributed by atoms with Gasteiger partial charge in [0.2, 0.25) is 11.8 Å². The van der Waals surface area contributed by atoms with Crippen LogP contribution in [0.1, 0.15) is 46.5 Å². The van der Waals surface area contributed by atoms with Gasteiger partial charge in [-0.15, -0.1) is 0 Å². The minimum absolute atomic E-state index is 0.135. The zero-order valence-corrected chi connectivity index (χ0v) is 16.1. The van der Waals surface area contributed by atoms with Gasteiger partial charge in [0.05, 0.1) is 0 Å². The summed E-state index contributed by atoms with van der Waals surface area (Å²) < 4.78 is 0. The van der Waals surface area contributed by atoms with E-state index in [-0.39, 0.29) is 18.7 Å². The van der Waals surface area contributed by atoms with E-state index in [0.29, 0.717) is 13.1 Å². The van der Waals surface area contributed by atoms with Gasteiger partial charge in [-0.2, -0.15) is 5.10 Å². The summed E-state index contributed by atoms with van der Waals surface area (Å²) in [7, 11) is 0. The van der Waals surface area contributed by atoms with Crippen molar-refractivity contribution in [2.75, 3.05) is 13.1 Å². The van der Waals surface area contributed by atoms with Gasteiger partial charge in [0.1, 0.15) is 12.4 Å². The van der Waals surface area contributed by atoms with Gasteiger partial charge in [0.15, 0.2) is 5.60 Å². The van der Waals surface area contributed by atoms with E-state index in [0.717, 1.165) is 12.8 Å². The summed E-state index contributed by atoms with van der Waals surface area (Å²) in [5.74, 6) is 2.41. The number of carbonyl (C=O) groups is 3. The summed E-state index contributed by atoms with van der Waals surface area (Å²) in [5.41, 5.74) is -2.00. The number of nitrogens with zero attached hydrogens (tertiary/aromatic N) is 2. The number of hydrogen-bond acceptors (Lipinski definition) is 6. The van der Waals surface area contributed by atoms with Gasteiger partial charge in [-0.1, -0.05) is 13.8 Å². The fourth-order valence-corrected chi connectivity index (χ4v) is 3.62. The third-order valence-electron chi connectivity index (χ3n) is 4.76. The molecule has 6 N–H and O–H groups in total. The molecule has 4 atom stereocenters. The molecular formula is C17H31N5O5. The summed E-state index contributed by atoms with van der Waals surface area (Å²) >= 11 is 0. The Hall–Kier alpha value is -2.36. The van der Waals surface area contributed by atoms with E-state index in [4.69, 9.17) is 5.84 Å². The molecule has 10 heteroatoms. The van der Waals surface area contributed by atoms with Crippen molar-refractivity contribution in [1.82, 2.24) is 15.5 Å². The number of carboxylic acids is 1. The first-order valence-corrected chi connectivity index (χ1v) is 9.19. The van der Waals surface area contributed by atoms with Crippen LogP contribution in [0.3, 0.4) is 0 Å². The second-order valence-electron chi connectivity index (χ2n) is 6.96. The molecule has 2 amide bonds. The zero-order valence-electron chi connectivity index (χ0n) is 16.1. The Morgan fingerprint density at radius 2 is 1.89 bits per heavy atom. The van der Waals surface area contributed by atoms with Gasteiger partial charge >= 0.3 is 5.97 Å². The fraction of sp³-hybridized carbons (Fsp3) is 0.765. The number of nitrogens with one attached hydrogen (secondary N) is 2. The van der Waals surface area contributed by atoms with Gasteiger partial charge in [0.25, 0.3) is 0 Å². The molecule has 1 fully saturated rings. The normalized spacial score (nSPS) is 25.9. The SMILES string of the molecule is CCCN(CCC)C(=O)C(NC(C)=O)[C@@H]1C[C@@](O)(C(=O)O)C[C@H]1N/C=N/N. The first kappa shape index (κ1) is 22.7. The number of carbonyl (C=O) groups excluding carboxylic acids is 2. The first-order chi connectivity index (χ1) is 12.7. The lowest BCUT2D eigenvalue weighted by Gasteiger charge is -2.33. The van der Waals surface area contributed by atoms with Crippen LogP contribution in [-0.2, 0) is 14.4 Å². The molecule has 0 radical (unpaired) electrons. The van der Waals surface area contributed by atoms with Gasteiger partial charge < -0.3 is 31.6 Å². The second-order valence-corrected chi connectivity index (χ2v) is 6.96. The van der Waals surface area contributed by atoms with Crippen molar-refractivity contribution in [3.63, 3.8) is 0 Å². The van der Waals surface area contributed by atoms with E-state index < -0.39 is 35.5 Å². The maximum atomic E-state index is 13.1. The Kier molecular flexibility index (Phi) is 8.48. The number of hydrogen-bond donors (Lipinski definition) is 5. The van der Waals surface area contributed by atoms with E-state index in [1.54, 1.807) is 4.90 Å². The highest BCUT2D eigenvalue weighted by Gasteiger charge is 2.53. The molecule has 0 aliphatic heterocycles. The van der Waals surface area contributed by atoms with Crippen LogP contribution in [0.5, 0.6) is 0 Å². The predicted octanol–water partition coefficient (Wildman–Crippen LogP) is -0.774. The Bertz CT molecular complexity index is 564. The summed E-state index contributed by atoms with van der Waals surface area (Å²) in [6.07, 6.45) is 2.38. The van der Waals surface area contributed by atoms with Crippen molar-refractivity contribution >= 4 is 24.1 Å². The number of rotatable bonds is 10. The Morgan fingerprint density at radius 3 is 2.33 bits per heavy atom. The Morgan fingerprint density at radius 1 is 1.30 bits per heavy atom. The van der Waals surface area contributed by atoms with Crippen molar-refractivity contribution in [2.24, 2.45) is 16.9 Å². The van der Waals surface area contributed by atoms with E-state index in [1.165, 1.54) is 13.3 Å². The van der Waals surface area contributed by atoms with Crippen molar-refractivity contribution in [3.05, 3.63) is 0 Å². The van der Waals surface area contributed by atoms with Gasteiger partial charge in [-0.05, 0) is 19.3 Å². The van der Waals surface area contributed by atoms with Crippen molar-refractivity contribution in [3.8, 4) is 0 Å². The Balaban J connectivity index is 3.21. The lowest BCUT2D eigenvalue weighted by molar-refractivity contribution is -0.158. The summed E-state index contributed by atoms with van der Waals surface area (Å²) in [4.78, 5) is 38.1. The monoisotopic (exact) mass is 385 g/mol. The molecule has 0 heterocycles. The van der Waals surface area contributed by atoms with Crippen LogP contribution < -0.4 is 16.5 Å². The highest BCUT2D eigenvalue weighted by atomic mass is 16.4. The molecule has 1 unspecified atom stereocenters. The highest BCUT2D eigenvalue weighted by molar-refractivity contribution is 5.88. The smallest absolute Gasteiger partial charge is 0.335 e. The molecule has 0 aromatic carbocycles. The third-order valence-corrected chi connectivity index (χ3v) is 4.76. The molecule has 0 bridgehead atoms. The van der Waals surface area contributed by atoms with Gasteiger partial charge in [0, 0.05) is 38.4 Å². The number of amides is 2. The van der Waals surface area contributed by atoms with Crippen LogP contribution in [0.15, 0.2) is 5.10 Å². The van der Waals surface area contributed by atoms with Crippen LogP contribution in [0.4, 0.5) is 0 Å². The molecule has 27 heavy (non-hydrogen) atoms. The lowest BCUT2D eigenvalue weighted by Crippen LogP contribution is -2.55. The fourth-order valence-electron chi connectivity index (χ4n) is 3.62. The lowest BCUT2D eigenvalue weighted by atomic mass is 9.91. The molecule has 154 valence electrons. The third kappa shape index (κ3) is 5.81. The number of aliphatic carboxylic acids is 1. The molecule has 0 spiro atoms. The highest BCUT2D eigenvalue weighted by Crippen LogP contribution is 2.37. The maximum absolute atomic E-state index is 13.1. The van der Waals surface area contributed by atoms with Crippen molar-refractivity contribution in [2.45, 2.75) is 64.1 Å². The van der Waals surface area contributed by atoms with Gasteiger partial charge in [-0.25, -0.2) is 4.79 Å². The average Bonchev–Trinajstić information content (AvgIpc) is 2.95. The topological polar surface area (TPSA) is 157 Å². The molecule has 1 aliphatic carbocycles. The number of carboxylic acid groups (broad SMARTS) is 1. The standard InChI is InChI=1S/C17H31N5O5/c1-4-6-22(7-5-2)15(24)14(21-11(3)23)12-8-17(27,16(25)26)9-13(12)19-10-20-18/h10,12-14,27H,4-9,18H2,1-3H3,(H,19,20)(H,21,23)(H,25,26)/t12-,13-,14?,17+/m1/s1. The van der Waals surface area contributed by atoms with Gasteiger partial charge in [-0.3, -0.25) is 9.59 Å². The van der Waals surface area contributed by atoms with Crippen LogP contribution in [0.2, 0.25) is 0 Å². The van der Waals surface area contributed by atoms with E-state index in [9.17, 15) is 24.6 Å². The minimum atomic E-state index is -2.00. The largest absolute Gasteiger partial charge is 0.479 e. The minimum Gasteiger partial charge on any atom is -0.479 e. The number of nitrogens with two attached hydrogens (primary N) is 1. The predicted molar refractivity (Wildman–Crippen MR) is 99.7 cm³/mol. The van der Waals surface area contributed by atoms with E-state index in [2.05, 4.69) is 15.7 Å². The second kappa shape index (κ2) is 10.1. The van der Waals surface area contributed by atoms with Crippen LogP contribution >= 0.6 is 0 Å². The molecule has 1 saturated carbocycles. The molecule has 0 aromatic rings. The van der Waals surface area contributed by atoms with E-state index >= 15 is 0 Å². The summed E-state index contributed by atoms with van der Waals surface area (Å²) in [5, 5.41) is 28.7. The zero-order chi connectivity index (χ0) is 20.6. The van der Waals surface area contributed by atoms with E-state index in [1.807, 2.05) is 13.8 Å². The maximum Gasteiger partial charge on any atom is 0.335 e. The van der Waals surface area contributed by atoms with Crippen LogP contribution in [0, 0.1) is 5.92 Å². The van der Waals surface area contributed by atoms with Crippen molar-refractivity contribution in [1.29, 1.82) is 0 Å².